The second kappa shape index (κ2) is 23.3. The molecule has 0 aliphatic carbocycles. The van der Waals surface area contributed by atoms with Crippen LogP contribution in [0.3, 0.4) is 0 Å². The molecule has 3 aliphatic heterocycles. The lowest BCUT2D eigenvalue weighted by Crippen LogP contribution is -2.61. The van der Waals surface area contributed by atoms with Crippen molar-refractivity contribution in [3.8, 4) is 0 Å². The number of allylic oxidation sites excluding steroid dienone is 14. The number of carbonyl (C=O) groups is 1. The molecular formula is C46H71N3O7. The minimum Gasteiger partial charge on any atom is -0.388 e. The molecule has 3 aliphatic rings. The lowest BCUT2D eigenvalue weighted by molar-refractivity contribution is -0.294. The molecule has 3 heterocycles. The minimum atomic E-state index is -1.49. The van der Waals surface area contributed by atoms with E-state index in [-0.39, 0.29) is 24.7 Å². The minimum absolute atomic E-state index is 0.0165. The standard InChI is InChI=1S/C46H71N3O7/c1-11-31(2)28-37-29-34(5)19-13-12-16-27-46(8,52)40(22-15-14-18-32(3)20-17-21-33(4)23-24-35(6)48-44(37)51)56-45-42(47)43(50)39(30-53-45)55-41-26-25-38(49(9)10)36(7)54-41/h12-23,27,29,31,35-36,38-43,45,50,52H,11,24-26,28,30,47H2,1-10H3,(H,48,51)/b13-12+,18-14+,21-17+,22-15-,27-16+,32-20+,33-23+,34-19+,37-29+/t31?,35-,36+,38-,39+,40-,41-,42+,43-,45-,46+/m1/s1. The highest BCUT2D eigenvalue weighted by Gasteiger charge is 2.43. The molecule has 0 spiro atoms. The molecule has 56 heavy (non-hydrogen) atoms. The van der Waals surface area contributed by atoms with E-state index in [4.69, 9.17) is 24.7 Å². The third-order valence-electron chi connectivity index (χ3n) is 10.6. The number of nitrogens with one attached hydrogen (secondary N) is 1. The van der Waals surface area contributed by atoms with Gasteiger partial charge in [-0.3, -0.25) is 4.79 Å². The van der Waals surface area contributed by atoms with Gasteiger partial charge in [0.2, 0.25) is 5.91 Å². The fourth-order valence-electron chi connectivity index (χ4n) is 6.76. The van der Waals surface area contributed by atoms with E-state index in [1.54, 1.807) is 25.2 Å². The molecule has 2 fully saturated rings. The summed E-state index contributed by atoms with van der Waals surface area (Å²) in [5.41, 5.74) is 8.83. The van der Waals surface area contributed by atoms with Gasteiger partial charge in [0.05, 0.1) is 18.8 Å². The van der Waals surface area contributed by atoms with Crippen molar-refractivity contribution in [3.05, 3.63) is 107 Å². The first-order chi connectivity index (χ1) is 26.5. The Kier molecular flexibility index (Phi) is 19.6. The molecule has 0 saturated carbocycles. The average molecular weight is 778 g/mol. The van der Waals surface area contributed by atoms with Gasteiger partial charge in [-0.1, -0.05) is 122 Å². The predicted molar refractivity (Wildman–Crippen MR) is 226 cm³/mol. The number of likely N-dealkylation sites (N-methyl/N-ethyl adjacent to an activating group) is 1. The molecule has 0 aromatic carbocycles. The lowest BCUT2D eigenvalue weighted by Gasteiger charge is -2.43. The summed E-state index contributed by atoms with van der Waals surface area (Å²) in [5, 5.41) is 26.2. The van der Waals surface area contributed by atoms with Crippen molar-refractivity contribution in [3.63, 3.8) is 0 Å². The lowest BCUT2D eigenvalue weighted by atomic mass is 9.96. The third kappa shape index (κ3) is 15.6. The summed E-state index contributed by atoms with van der Waals surface area (Å²) in [6.07, 6.45) is 26.4. The quantitative estimate of drug-likeness (QED) is 0.208. The summed E-state index contributed by atoms with van der Waals surface area (Å²) in [6.45, 7) is 16.1. The van der Waals surface area contributed by atoms with Crippen LogP contribution in [0.15, 0.2) is 107 Å². The number of ether oxygens (including phenoxy) is 4. The highest BCUT2D eigenvalue weighted by atomic mass is 16.7. The topological polar surface area (TPSA) is 136 Å². The van der Waals surface area contributed by atoms with E-state index in [0.717, 1.165) is 41.6 Å². The highest BCUT2D eigenvalue weighted by molar-refractivity contribution is 5.94. The van der Waals surface area contributed by atoms with Gasteiger partial charge in [-0.05, 0) is 87.2 Å². The Morgan fingerprint density at radius 3 is 2.41 bits per heavy atom. The molecule has 1 amide bonds. The van der Waals surface area contributed by atoms with E-state index in [9.17, 15) is 15.0 Å². The van der Waals surface area contributed by atoms with E-state index in [2.05, 4.69) is 30.1 Å². The van der Waals surface area contributed by atoms with Gasteiger partial charge in [-0.2, -0.15) is 0 Å². The zero-order chi connectivity index (χ0) is 41.4. The van der Waals surface area contributed by atoms with Crippen LogP contribution in [0.5, 0.6) is 0 Å². The number of rotatable bonds is 8. The van der Waals surface area contributed by atoms with Crippen molar-refractivity contribution in [2.45, 2.75) is 148 Å². The van der Waals surface area contributed by atoms with Crippen molar-refractivity contribution in [1.82, 2.24) is 10.2 Å². The summed E-state index contributed by atoms with van der Waals surface area (Å²) in [4.78, 5) is 15.5. The molecule has 1 unspecified atom stereocenters. The number of amides is 1. The van der Waals surface area contributed by atoms with Gasteiger partial charge in [0, 0.05) is 17.7 Å². The smallest absolute Gasteiger partial charge is 0.247 e. The second-order valence-corrected chi connectivity index (χ2v) is 16.2. The number of aliphatic hydroxyl groups is 2. The molecule has 5 N–H and O–H groups in total. The Morgan fingerprint density at radius 2 is 1.71 bits per heavy atom. The van der Waals surface area contributed by atoms with Gasteiger partial charge in [0.1, 0.15) is 23.9 Å². The van der Waals surface area contributed by atoms with Crippen LogP contribution in [0.4, 0.5) is 0 Å². The van der Waals surface area contributed by atoms with Crippen LogP contribution >= 0.6 is 0 Å². The van der Waals surface area contributed by atoms with Crippen LogP contribution in [0.2, 0.25) is 0 Å². The van der Waals surface area contributed by atoms with E-state index in [1.165, 1.54) is 0 Å². The molecule has 10 nitrogen and oxygen atoms in total. The molecule has 312 valence electrons. The van der Waals surface area contributed by atoms with Gasteiger partial charge >= 0.3 is 0 Å². The maximum Gasteiger partial charge on any atom is 0.247 e. The Morgan fingerprint density at radius 1 is 1.00 bits per heavy atom. The predicted octanol–water partition coefficient (Wildman–Crippen LogP) is 6.90. The molecule has 0 aromatic heterocycles. The van der Waals surface area contributed by atoms with Crippen LogP contribution in [-0.4, -0.2) is 102 Å². The zero-order valence-corrected chi connectivity index (χ0v) is 35.6. The molecule has 3 rings (SSSR count). The number of nitrogens with zero attached hydrogens (tertiary/aromatic N) is 1. The van der Waals surface area contributed by atoms with Gasteiger partial charge in [-0.15, -0.1) is 0 Å². The first-order valence-corrected chi connectivity index (χ1v) is 20.3. The largest absolute Gasteiger partial charge is 0.388 e. The normalized spacial score (nSPS) is 40.5. The SMILES string of the molecule is CCC(C)C\C1=C/C(C)=C/C=C/C=C/[C@](C)(O)[C@H](O[C@H]2OC[C@H](O[C@@H]3CC[C@@H](N(C)C)[C@H](C)O3)[C@@H](O)[C@@H]2N)\C=C/C=C/C(C)=C/C=C/C(C)=C/C[C@@H](C)NC1=O. The van der Waals surface area contributed by atoms with E-state index < -0.39 is 42.5 Å². The molecular weight excluding hydrogens is 707 g/mol. The summed E-state index contributed by atoms with van der Waals surface area (Å²) in [5.74, 6) is 0.322. The number of nitrogens with two attached hydrogens (primary N) is 1. The third-order valence-corrected chi connectivity index (χ3v) is 10.6. The maximum absolute atomic E-state index is 13.4. The maximum atomic E-state index is 13.4. The van der Waals surface area contributed by atoms with E-state index in [1.807, 2.05) is 109 Å². The van der Waals surface area contributed by atoms with Gasteiger partial charge < -0.3 is 45.1 Å². The summed E-state index contributed by atoms with van der Waals surface area (Å²) < 4.78 is 24.7. The molecule has 0 bridgehead atoms. The summed E-state index contributed by atoms with van der Waals surface area (Å²) in [6, 6.07) is -0.667. The van der Waals surface area contributed by atoms with Crippen molar-refractivity contribution in [2.24, 2.45) is 11.7 Å². The molecule has 2 saturated heterocycles. The van der Waals surface area contributed by atoms with Crippen molar-refractivity contribution >= 4 is 5.91 Å². The van der Waals surface area contributed by atoms with E-state index >= 15 is 0 Å². The number of hydrogen-bond acceptors (Lipinski definition) is 9. The average Bonchev–Trinajstić information content (AvgIpc) is 3.13. The number of aliphatic hydroxyl groups excluding tert-OH is 1. The summed E-state index contributed by atoms with van der Waals surface area (Å²) >= 11 is 0. The zero-order valence-electron chi connectivity index (χ0n) is 35.6. The van der Waals surface area contributed by atoms with Crippen LogP contribution in [-0.2, 0) is 23.7 Å². The van der Waals surface area contributed by atoms with Crippen LogP contribution < -0.4 is 11.1 Å². The van der Waals surface area contributed by atoms with Crippen molar-refractivity contribution in [1.29, 1.82) is 0 Å². The Hall–Kier alpha value is -3.19. The van der Waals surface area contributed by atoms with Crippen LogP contribution in [0.1, 0.15) is 87.5 Å². The first kappa shape index (κ1) is 47.2. The van der Waals surface area contributed by atoms with Crippen LogP contribution in [0.25, 0.3) is 0 Å². The number of hydrogen-bond donors (Lipinski definition) is 4. The Balaban J connectivity index is 1.85. The molecule has 0 radical (unpaired) electrons. The van der Waals surface area contributed by atoms with Crippen LogP contribution in [0, 0.1) is 5.92 Å². The Labute approximate surface area is 337 Å². The Bertz CT molecular complexity index is 1530. The monoisotopic (exact) mass is 778 g/mol. The first-order valence-electron chi connectivity index (χ1n) is 20.3. The van der Waals surface area contributed by atoms with Gasteiger partial charge in [0.25, 0.3) is 0 Å². The fraction of sp³-hybridized carbons (Fsp3) is 0.587. The molecule has 11 atom stereocenters. The molecule has 0 aromatic rings. The van der Waals surface area contributed by atoms with Crippen molar-refractivity contribution < 1.29 is 34.0 Å². The second-order valence-electron chi connectivity index (χ2n) is 16.2. The van der Waals surface area contributed by atoms with E-state index in [0.29, 0.717) is 24.8 Å². The fourth-order valence-corrected chi connectivity index (χ4v) is 6.76. The highest BCUT2D eigenvalue weighted by Crippen LogP contribution is 2.29. The van der Waals surface area contributed by atoms with Crippen molar-refractivity contribution in [2.75, 3.05) is 20.7 Å². The van der Waals surface area contributed by atoms with Gasteiger partial charge in [0.15, 0.2) is 12.6 Å². The van der Waals surface area contributed by atoms with Gasteiger partial charge in [-0.25, -0.2) is 0 Å². The summed E-state index contributed by atoms with van der Waals surface area (Å²) in [7, 11) is 4.08. The molecule has 10 heteroatoms. The number of carbonyl (C=O) groups excluding carboxylic acids is 1.